The van der Waals surface area contributed by atoms with Crippen LogP contribution in [-0.4, -0.2) is 38.6 Å². The minimum absolute atomic E-state index is 0.0540. The Hall–Kier alpha value is -2.67. The lowest BCUT2D eigenvalue weighted by Gasteiger charge is -2.16. The number of nitrogens with zero attached hydrogens (tertiary/aromatic N) is 1. The van der Waals surface area contributed by atoms with Crippen LogP contribution >= 0.6 is 0 Å². The standard InChI is InChI=1S/C23H28N2O4S/c1-17(15-23(27)24-13-6-9-19-7-4-3-5-8-19)30(28,29)21-10-11-22-20(16-21)12-14-25(22)18(2)26/h3-5,7-8,10-11,16-17H,6,9,12-15H2,1-2H3,(H,24,27)/t17-/m1/s1. The SMILES string of the molecule is CC(=O)N1CCc2cc(S(=O)(=O)[C@H](C)CC(=O)NCCCc3ccccc3)ccc21. The zero-order valence-electron chi connectivity index (χ0n) is 17.4. The van der Waals surface area contributed by atoms with Gasteiger partial charge in [0.2, 0.25) is 11.8 Å². The summed E-state index contributed by atoms with van der Waals surface area (Å²) in [6.45, 7) is 4.14. The number of fused-ring (bicyclic) bond motifs is 1. The quantitative estimate of drug-likeness (QED) is 0.656. The van der Waals surface area contributed by atoms with Crippen LogP contribution in [0.5, 0.6) is 0 Å². The van der Waals surface area contributed by atoms with Gasteiger partial charge in [0.05, 0.1) is 10.1 Å². The van der Waals surface area contributed by atoms with Gasteiger partial charge in [-0.2, -0.15) is 0 Å². The lowest BCUT2D eigenvalue weighted by Crippen LogP contribution is -2.31. The van der Waals surface area contributed by atoms with Crippen LogP contribution in [0.3, 0.4) is 0 Å². The Kier molecular flexibility index (Phi) is 6.92. The van der Waals surface area contributed by atoms with Crippen molar-refractivity contribution in [3.05, 3.63) is 59.7 Å². The minimum Gasteiger partial charge on any atom is -0.356 e. The van der Waals surface area contributed by atoms with E-state index in [1.165, 1.54) is 18.6 Å². The first kappa shape index (κ1) is 22.0. The average Bonchev–Trinajstić information content (AvgIpc) is 3.15. The van der Waals surface area contributed by atoms with Crippen LogP contribution in [0.4, 0.5) is 5.69 Å². The molecule has 160 valence electrons. The lowest BCUT2D eigenvalue weighted by molar-refractivity contribution is -0.121. The van der Waals surface area contributed by atoms with E-state index in [1.54, 1.807) is 24.0 Å². The van der Waals surface area contributed by atoms with E-state index in [0.717, 1.165) is 24.1 Å². The molecule has 1 heterocycles. The number of hydrogen-bond donors (Lipinski definition) is 1. The van der Waals surface area contributed by atoms with Crippen LogP contribution in [0.25, 0.3) is 0 Å². The Balaban J connectivity index is 1.54. The molecular weight excluding hydrogens is 400 g/mol. The number of nitrogens with one attached hydrogen (secondary N) is 1. The average molecular weight is 429 g/mol. The highest BCUT2D eigenvalue weighted by atomic mass is 32.2. The Morgan fingerprint density at radius 1 is 1.13 bits per heavy atom. The predicted octanol–water partition coefficient (Wildman–Crippen LogP) is 2.90. The van der Waals surface area contributed by atoms with Crippen LogP contribution in [0.15, 0.2) is 53.4 Å². The second kappa shape index (κ2) is 9.43. The molecule has 0 aromatic heterocycles. The number of amides is 2. The molecule has 1 aliphatic rings. The van der Waals surface area contributed by atoms with Crippen molar-refractivity contribution in [1.29, 1.82) is 0 Å². The highest BCUT2D eigenvalue weighted by molar-refractivity contribution is 7.92. The van der Waals surface area contributed by atoms with Gasteiger partial charge in [-0.1, -0.05) is 30.3 Å². The van der Waals surface area contributed by atoms with E-state index in [1.807, 2.05) is 30.3 Å². The van der Waals surface area contributed by atoms with Gasteiger partial charge in [-0.25, -0.2) is 8.42 Å². The molecule has 0 bridgehead atoms. The summed E-state index contributed by atoms with van der Waals surface area (Å²) in [6, 6.07) is 14.9. The van der Waals surface area contributed by atoms with Crippen LogP contribution in [-0.2, 0) is 32.3 Å². The first-order chi connectivity index (χ1) is 14.3. The van der Waals surface area contributed by atoms with Crippen molar-refractivity contribution in [2.45, 2.75) is 49.7 Å². The first-order valence-corrected chi connectivity index (χ1v) is 11.8. The molecule has 1 N–H and O–H groups in total. The van der Waals surface area contributed by atoms with Crippen molar-refractivity contribution in [2.75, 3.05) is 18.0 Å². The zero-order chi connectivity index (χ0) is 21.7. The molecular formula is C23H28N2O4S. The fraction of sp³-hybridized carbons (Fsp3) is 0.391. The third-order valence-corrected chi connectivity index (χ3v) is 7.60. The number of rotatable bonds is 8. The summed E-state index contributed by atoms with van der Waals surface area (Å²) in [5, 5.41) is 2.00. The Labute approximate surface area is 178 Å². The predicted molar refractivity (Wildman–Crippen MR) is 117 cm³/mol. The van der Waals surface area contributed by atoms with Crippen LogP contribution in [0.1, 0.15) is 37.8 Å². The molecule has 30 heavy (non-hydrogen) atoms. The van der Waals surface area contributed by atoms with Gasteiger partial charge in [0.1, 0.15) is 0 Å². The largest absolute Gasteiger partial charge is 0.356 e. The van der Waals surface area contributed by atoms with Gasteiger partial charge in [0, 0.05) is 32.1 Å². The fourth-order valence-electron chi connectivity index (χ4n) is 3.72. The van der Waals surface area contributed by atoms with Crippen LogP contribution < -0.4 is 10.2 Å². The van der Waals surface area contributed by atoms with E-state index in [0.29, 0.717) is 19.5 Å². The fourth-order valence-corrected chi connectivity index (χ4v) is 5.12. The molecule has 0 unspecified atom stereocenters. The topological polar surface area (TPSA) is 83.6 Å². The third kappa shape index (κ3) is 5.08. The van der Waals surface area contributed by atoms with E-state index in [4.69, 9.17) is 0 Å². The molecule has 3 rings (SSSR count). The maximum absolute atomic E-state index is 12.9. The Morgan fingerprint density at radius 2 is 1.87 bits per heavy atom. The van der Waals surface area contributed by atoms with Crippen LogP contribution in [0.2, 0.25) is 0 Å². The number of carbonyl (C=O) groups is 2. The molecule has 0 spiro atoms. The maximum atomic E-state index is 12.9. The monoisotopic (exact) mass is 428 g/mol. The molecule has 7 heteroatoms. The highest BCUT2D eigenvalue weighted by Crippen LogP contribution is 2.31. The highest BCUT2D eigenvalue weighted by Gasteiger charge is 2.29. The first-order valence-electron chi connectivity index (χ1n) is 10.2. The molecule has 6 nitrogen and oxygen atoms in total. The summed E-state index contributed by atoms with van der Waals surface area (Å²) >= 11 is 0. The number of aryl methyl sites for hydroxylation is 1. The molecule has 0 aliphatic carbocycles. The summed E-state index contributed by atoms with van der Waals surface area (Å²) in [4.78, 5) is 25.8. The number of anilines is 1. The van der Waals surface area contributed by atoms with E-state index >= 15 is 0 Å². The molecule has 0 saturated heterocycles. The molecule has 0 radical (unpaired) electrons. The van der Waals surface area contributed by atoms with E-state index < -0.39 is 15.1 Å². The van der Waals surface area contributed by atoms with Gasteiger partial charge >= 0.3 is 0 Å². The molecule has 1 atom stereocenters. The van der Waals surface area contributed by atoms with E-state index in [2.05, 4.69) is 5.32 Å². The van der Waals surface area contributed by atoms with Crippen molar-refractivity contribution in [2.24, 2.45) is 0 Å². The minimum atomic E-state index is -3.63. The molecule has 2 aromatic carbocycles. The number of hydrogen-bond acceptors (Lipinski definition) is 4. The molecule has 0 saturated carbocycles. The lowest BCUT2D eigenvalue weighted by atomic mass is 10.1. The second-order valence-electron chi connectivity index (χ2n) is 7.71. The maximum Gasteiger partial charge on any atom is 0.223 e. The van der Waals surface area contributed by atoms with Gasteiger partial charge in [0.15, 0.2) is 9.84 Å². The van der Waals surface area contributed by atoms with Crippen molar-refractivity contribution in [1.82, 2.24) is 5.32 Å². The molecule has 0 fully saturated rings. The summed E-state index contributed by atoms with van der Waals surface area (Å²) in [5.41, 5.74) is 2.83. The zero-order valence-corrected chi connectivity index (χ0v) is 18.2. The molecule has 2 aromatic rings. The second-order valence-corrected chi connectivity index (χ2v) is 10.1. The number of benzene rings is 2. The van der Waals surface area contributed by atoms with Gasteiger partial charge in [-0.3, -0.25) is 9.59 Å². The van der Waals surface area contributed by atoms with Crippen molar-refractivity contribution >= 4 is 27.3 Å². The normalized spacial score (nSPS) is 14.3. The smallest absolute Gasteiger partial charge is 0.223 e. The van der Waals surface area contributed by atoms with E-state index in [9.17, 15) is 18.0 Å². The summed E-state index contributed by atoms with van der Waals surface area (Å²) in [6.07, 6.45) is 2.22. The van der Waals surface area contributed by atoms with Gasteiger partial charge < -0.3 is 10.2 Å². The van der Waals surface area contributed by atoms with Gasteiger partial charge in [0.25, 0.3) is 0 Å². The Morgan fingerprint density at radius 3 is 2.57 bits per heavy atom. The van der Waals surface area contributed by atoms with Crippen LogP contribution in [0, 0.1) is 0 Å². The van der Waals surface area contributed by atoms with Crippen molar-refractivity contribution < 1.29 is 18.0 Å². The Bertz CT molecular complexity index is 1020. The number of sulfone groups is 1. The summed E-state index contributed by atoms with van der Waals surface area (Å²) < 4.78 is 25.9. The van der Waals surface area contributed by atoms with Crippen molar-refractivity contribution in [3.63, 3.8) is 0 Å². The van der Waals surface area contributed by atoms with E-state index in [-0.39, 0.29) is 23.1 Å². The van der Waals surface area contributed by atoms with Gasteiger partial charge in [-0.15, -0.1) is 0 Å². The summed E-state index contributed by atoms with van der Waals surface area (Å²) in [7, 11) is -3.63. The summed E-state index contributed by atoms with van der Waals surface area (Å²) in [5.74, 6) is -0.315. The van der Waals surface area contributed by atoms with Crippen molar-refractivity contribution in [3.8, 4) is 0 Å². The van der Waals surface area contributed by atoms with Gasteiger partial charge in [-0.05, 0) is 55.5 Å². The third-order valence-electron chi connectivity index (χ3n) is 5.46. The molecule has 2 amide bonds. The number of carbonyl (C=O) groups excluding carboxylic acids is 2. The molecule has 1 aliphatic heterocycles.